The molecule has 20 heavy (non-hydrogen) atoms. The van der Waals surface area contributed by atoms with Gasteiger partial charge in [-0.05, 0) is 47.9 Å². The largest absolute Gasteiger partial charge is 0.478 e. The molecule has 0 fully saturated rings. The number of rotatable bonds is 7. The minimum Gasteiger partial charge on any atom is -0.478 e. The van der Waals surface area contributed by atoms with Crippen LogP contribution in [0.2, 0.25) is 0 Å². The van der Waals surface area contributed by atoms with Crippen molar-refractivity contribution in [3.05, 3.63) is 28.8 Å². The summed E-state index contributed by atoms with van der Waals surface area (Å²) in [6, 6.07) is 3.35. The summed E-state index contributed by atoms with van der Waals surface area (Å²) >= 11 is 0. The van der Waals surface area contributed by atoms with Crippen molar-refractivity contribution in [2.24, 2.45) is 0 Å². The molecule has 0 heterocycles. The van der Waals surface area contributed by atoms with E-state index < -0.39 is 5.97 Å². The number of hydrogen-bond acceptors (Lipinski definition) is 3. The van der Waals surface area contributed by atoms with Crippen LogP contribution in [0.25, 0.3) is 0 Å². The summed E-state index contributed by atoms with van der Waals surface area (Å²) in [6.07, 6.45) is 1.67. The summed E-state index contributed by atoms with van der Waals surface area (Å²) in [5, 5.41) is 9.40. The molecule has 0 radical (unpaired) electrons. The maximum atomic E-state index is 11.5. The topological polar surface area (TPSA) is 63.6 Å². The number of ether oxygens (including phenoxy) is 1. The van der Waals surface area contributed by atoms with E-state index in [4.69, 9.17) is 4.74 Å². The minimum absolute atomic E-state index is 0.0982. The number of carboxylic acids is 1. The number of hydrogen-bond donors (Lipinski definition) is 1. The Bertz CT molecular complexity index is 493. The van der Waals surface area contributed by atoms with Crippen LogP contribution in [0.15, 0.2) is 12.1 Å². The van der Waals surface area contributed by atoms with Crippen molar-refractivity contribution < 1.29 is 19.4 Å². The van der Waals surface area contributed by atoms with Crippen molar-refractivity contribution in [3.8, 4) is 5.75 Å². The Kier molecular flexibility index (Phi) is 5.74. The van der Waals surface area contributed by atoms with E-state index in [0.717, 1.165) is 18.4 Å². The summed E-state index contributed by atoms with van der Waals surface area (Å²) in [5.41, 5.74) is 1.78. The fourth-order valence-electron chi connectivity index (χ4n) is 2.18. The highest BCUT2D eigenvalue weighted by molar-refractivity contribution is 5.90. The van der Waals surface area contributed by atoms with Crippen LogP contribution >= 0.6 is 0 Å². The van der Waals surface area contributed by atoms with Crippen LogP contribution in [-0.2, 0) is 4.79 Å². The van der Waals surface area contributed by atoms with E-state index in [1.54, 1.807) is 12.1 Å². The molecular weight excluding hydrogens is 256 g/mol. The molecule has 0 saturated heterocycles. The summed E-state index contributed by atoms with van der Waals surface area (Å²) in [5.74, 6) is -0.243. The lowest BCUT2D eigenvalue weighted by Gasteiger charge is -2.19. The lowest BCUT2D eigenvalue weighted by molar-refractivity contribution is -0.120. The zero-order valence-electron chi connectivity index (χ0n) is 12.5. The van der Waals surface area contributed by atoms with E-state index in [1.807, 2.05) is 27.7 Å². The highest BCUT2D eigenvalue weighted by atomic mass is 16.5. The highest BCUT2D eigenvalue weighted by Crippen LogP contribution is 2.35. The molecule has 1 aromatic carbocycles. The molecule has 0 bridgehead atoms. The molecule has 4 heteroatoms. The second-order valence-corrected chi connectivity index (χ2v) is 5.12. The van der Waals surface area contributed by atoms with Gasteiger partial charge in [-0.15, -0.1) is 0 Å². The molecule has 0 saturated carbocycles. The van der Waals surface area contributed by atoms with Crippen molar-refractivity contribution in [1.82, 2.24) is 0 Å². The standard InChI is InChI=1S/C16H22O4/c1-5-10(3)12-8-15(20-9-17)13(11(4)6-2)7-14(12)16(18)19/h7-11H,5-6H2,1-4H3,(H,18,19). The SMILES string of the molecule is CCC(C)c1cc(C(=O)O)c(C(C)CC)cc1OC=O. The Balaban J connectivity index is 3.50. The third kappa shape index (κ3) is 3.38. The number of benzene rings is 1. The van der Waals surface area contributed by atoms with Crippen LogP contribution in [0.1, 0.15) is 73.9 Å². The molecule has 2 atom stereocenters. The zero-order valence-corrected chi connectivity index (χ0v) is 12.5. The van der Waals surface area contributed by atoms with Gasteiger partial charge in [0.2, 0.25) is 0 Å². The summed E-state index contributed by atoms with van der Waals surface area (Å²) in [4.78, 5) is 22.1. The maximum Gasteiger partial charge on any atom is 0.335 e. The van der Waals surface area contributed by atoms with Gasteiger partial charge in [0, 0.05) is 0 Å². The first kappa shape index (κ1) is 16.2. The average molecular weight is 278 g/mol. The fraction of sp³-hybridized carbons (Fsp3) is 0.500. The number of aromatic carboxylic acids is 1. The van der Waals surface area contributed by atoms with Crippen LogP contribution in [0.4, 0.5) is 0 Å². The molecule has 110 valence electrons. The molecule has 0 aromatic heterocycles. The van der Waals surface area contributed by atoms with Gasteiger partial charge in [0.1, 0.15) is 5.75 Å². The summed E-state index contributed by atoms with van der Waals surface area (Å²) in [6.45, 7) is 8.36. The third-order valence-corrected chi connectivity index (χ3v) is 3.87. The quantitative estimate of drug-likeness (QED) is 0.767. The molecule has 1 rings (SSSR count). The van der Waals surface area contributed by atoms with Gasteiger partial charge in [-0.2, -0.15) is 0 Å². The van der Waals surface area contributed by atoms with Crippen LogP contribution in [0.5, 0.6) is 5.75 Å². The van der Waals surface area contributed by atoms with Crippen molar-refractivity contribution in [2.45, 2.75) is 52.4 Å². The first-order chi connectivity index (χ1) is 9.46. The summed E-state index contributed by atoms with van der Waals surface area (Å²) in [7, 11) is 0. The highest BCUT2D eigenvalue weighted by Gasteiger charge is 2.21. The summed E-state index contributed by atoms with van der Waals surface area (Å²) < 4.78 is 5.06. The van der Waals surface area contributed by atoms with E-state index in [-0.39, 0.29) is 11.8 Å². The lowest BCUT2D eigenvalue weighted by Crippen LogP contribution is -2.09. The van der Waals surface area contributed by atoms with Gasteiger partial charge in [-0.25, -0.2) is 4.79 Å². The second-order valence-electron chi connectivity index (χ2n) is 5.12. The Morgan fingerprint density at radius 1 is 1.20 bits per heavy atom. The Morgan fingerprint density at radius 3 is 2.20 bits per heavy atom. The minimum atomic E-state index is -0.942. The van der Waals surface area contributed by atoms with Gasteiger partial charge < -0.3 is 9.84 Å². The fourth-order valence-corrected chi connectivity index (χ4v) is 2.18. The molecular formula is C16H22O4. The van der Waals surface area contributed by atoms with Gasteiger partial charge in [-0.1, -0.05) is 27.7 Å². The van der Waals surface area contributed by atoms with Crippen LogP contribution < -0.4 is 4.74 Å². The number of carbonyl (C=O) groups is 2. The van der Waals surface area contributed by atoms with Gasteiger partial charge in [0.05, 0.1) is 5.56 Å². The van der Waals surface area contributed by atoms with Crippen molar-refractivity contribution in [2.75, 3.05) is 0 Å². The van der Waals surface area contributed by atoms with Crippen LogP contribution in [-0.4, -0.2) is 17.5 Å². The average Bonchev–Trinajstić information content (AvgIpc) is 2.45. The van der Waals surface area contributed by atoms with Gasteiger partial charge >= 0.3 is 5.97 Å². The predicted molar refractivity (Wildman–Crippen MR) is 77.5 cm³/mol. The molecule has 1 aromatic rings. The van der Waals surface area contributed by atoms with Gasteiger partial charge in [0.15, 0.2) is 0 Å². The monoisotopic (exact) mass is 278 g/mol. The van der Waals surface area contributed by atoms with Crippen molar-refractivity contribution in [3.63, 3.8) is 0 Å². The molecule has 0 aliphatic heterocycles. The molecule has 1 N–H and O–H groups in total. The lowest BCUT2D eigenvalue weighted by atomic mass is 9.88. The molecule has 0 amide bonds. The zero-order chi connectivity index (χ0) is 15.3. The van der Waals surface area contributed by atoms with Crippen molar-refractivity contribution in [1.29, 1.82) is 0 Å². The first-order valence-electron chi connectivity index (χ1n) is 6.97. The van der Waals surface area contributed by atoms with E-state index in [1.165, 1.54) is 0 Å². The van der Waals surface area contributed by atoms with Gasteiger partial charge in [0.25, 0.3) is 6.47 Å². The molecule has 2 unspecified atom stereocenters. The van der Waals surface area contributed by atoms with Crippen molar-refractivity contribution >= 4 is 12.4 Å². The Morgan fingerprint density at radius 2 is 1.75 bits per heavy atom. The first-order valence-corrected chi connectivity index (χ1v) is 6.97. The van der Waals surface area contributed by atoms with E-state index in [0.29, 0.717) is 23.3 Å². The molecule has 0 aliphatic rings. The second kappa shape index (κ2) is 7.08. The molecule has 0 spiro atoms. The normalized spacial score (nSPS) is 13.6. The smallest absolute Gasteiger partial charge is 0.335 e. The third-order valence-electron chi connectivity index (χ3n) is 3.87. The van der Waals surface area contributed by atoms with E-state index >= 15 is 0 Å². The molecule has 0 aliphatic carbocycles. The number of carbonyl (C=O) groups excluding carboxylic acids is 1. The maximum absolute atomic E-state index is 11.5. The molecule has 4 nitrogen and oxygen atoms in total. The Hall–Kier alpha value is -1.84. The van der Waals surface area contributed by atoms with E-state index in [2.05, 4.69) is 0 Å². The predicted octanol–water partition coefficient (Wildman–Crippen LogP) is 3.95. The van der Waals surface area contributed by atoms with Gasteiger partial charge in [-0.3, -0.25) is 4.79 Å². The van der Waals surface area contributed by atoms with Crippen LogP contribution in [0.3, 0.4) is 0 Å². The van der Waals surface area contributed by atoms with Crippen LogP contribution in [0, 0.1) is 0 Å². The number of carboxylic acid groups (broad SMARTS) is 1. The van der Waals surface area contributed by atoms with E-state index in [9.17, 15) is 14.7 Å². The Labute approximate surface area is 119 Å².